The van der Waals surface area contributed by atoms with Gasteiger partial charge >= 0.3 is 0 Å². The van der Waals surface area contributed by atoms with Gasteiger partial charge in [-0.05, 0) is 24.3 Å². The molecule has 2 atom stereocenters. The zero-order chi connectivity index (χ0) is 12.1. The van der Waals surface area contributed by atoms with E-state index >= 15 is 0 Å². The van der Waals surface area contributed by atoms with E-state index in [-0.39, 0.29) is 0 Å². The van der Waals surface area contributed by atoms with Crippen molar-refractivity contribution >= 4 is 0 Å². The van der Waals surface area contributed by atoms with Crippen molar-refractivity contribution in [3.8, 4) is 0 Å². The lowest BCUT2D eigenvalue weighted by atomic mass is 9.97. The molecule has 1 N–H and O–H groups in total. The summed E-state index contributed by atoms with van der Waals surface area (Å²) in [6, 6.07) is 0.773. The van der Waals surface area contributed by atoms with Crippen LogP contribution in [0.4, 0.5) is 0 Å². The van der Waals surface area contributed by atoms with Crippen molar-refractivity contribution in [1.82, 2.24) is 10.2 Å². The van der Waals surface area contributed by atoms with Crippen molar-refractivity contribution in [2.75, 3.05) is 26.2 Å². The van der Waals surface area contributed by atoms with Crippen LogP contribution in [-0.2, 0) is 0 Å². The van der Waals surface area contributed by atoms with Gasteiger partial charge in [-0.1, -0.05) is 41.0 Å². The van der Waals surface area contributed by atoms with E-state index < -0.39 is 0 Å². The Morgan fingerprint density at radius 3 is 2.06 bits per heavy atom. The molecule has 0 aromatic rings. The zero-order valence-electron chi connectivity index (χ0n) is 11.8. The summed E-state index contributed by atoms with van der Waals surface area (Å²) in [4.78, 5) is 2.73. The molecule has 0 spiro atoms. The van der Waals surface area contributed by atoms with Gasteiger partial charge < -0.3 is 5.32 Å². The molecule has 0 bridgehead atoms. The van der Waals surface area contributed by atoms with Gasteiger partial charge in [-0.15, -0.1) is 0 Å². The number of nitrogens with one attached hydrogen (secondary N) is 1. The predicted molar refractivity (Wildman–Crippen MR) is 71.7 cm³/mol. The van der Waals surface area contributed by atoms with E-state index in [0.717, 1.165) is 23.8 Å². The third-order valence-electron chi connectivity index (χ3n) is 3.50. The molecule has 0 amide bonds. The topological polar surface area (TPSA) is 15.3 Å². The highest BCUT2D eigenvalue weighted by Crippen LogP contribution is 2.21. The molecule has 0 radical (unpaired) electrons. The van der Waals surface area contributed by atoms with Gasteiger partial charge in [-0.3, -0.25) is 4.90 Å². The van der Waals surface area contributed by atoms with Crippen LogP contribution in [0.25, 0.3) is 0 Å². The third-order valence-corrected chi connectivity index (χ3v) is 3.50. The molecule has 0 aromatic heterocycles. The van der Waals surface area contributed by atoms with E-state index in [1.54, 1.807) is 0 Å². The average molecular weight is 226 g/mol. The van der Waals surface area contributed by atoms with Crippen molar-refractivity contribution in [2.24, 2.45) is 17.8 Å². The SMILES string of the molecule is CCC1CNCC1N(CC(C)C)CC(C)C. The molecule has 2 nitrogen and oxygen atoms in total. The Kier molecular flexibility index (Phi) is 5.77. The summed E-state index contributed by atoms with van der Waals surface area (Å²) >= 11 is 0. The van der Waals surface area contributed by atoms with E-state index in [1.165, 1.54) is 32.6 Å². The zero-order valence-corrected chi connectivity index (χ0v) is 11.8. The molecule has 96 valence electrons. The molecular weight excluding hydrogens is 196 g/mol. The molecule has 1 rings (SSSR count). The molecule has 0 aliphatic carbocycles. The normalized spacial score (nSPS) is 26.2. The van der Waals surface area contributed by atoms with Gasteiger partial charge in [0.2, 0.25) is 0 Å². The van der Waals surface area contributed by atoms with E-state index in [4.69, 9.17) is 0 Å². The van der Waals surface area contributed by atoms with Crippen molar-refractivity contribution in [3.05, 3.63) is 0 Å². The minimum atomic E-state index is 0.773. The summed E-state index contributed by atoms with van der Waals surface area (Å²) in [5.41, 5.74) is 0. The molecule has 1 saturated heterocycles. The molecule has 2 unspecified atom stereocenters. The van der Waals surface area contributed by atoms with Gasteiger partial charge in [0, 0.05) is 25.7 Å². The van der Waals surface area contributed by atoms with Crippen LogP contribution in [0, 0.1) is 17.8 Å². The fourth-order valence-corrected chi connectivity index (χ4v) is 2.85. The van der Waals surface area contributed by atoms with Gasteiger partial charge in [0.1, 0.15) is 0 Å². The molecule has 0 aromatic carbocycles. The lowest BCUT2D eigenvalue weighted by molar-refractivity contribution is 0.135. The molecule has 1 heterocycles. The second-order valence-corrected chi connectivity index (χ2v) is 6.14. The number of hydrogen-bond acceptors (Lipinski definition) is 2. The highest BCUT2D eigenvalue weighted by atomic mass is 15.2. The van der Waals surface area contributed by atoms with Crippen LogP contribution >= 0.6 is 0 Å². The summed E-state index contributed by atoms with van der Waals surface area (Å²) in [5, 5.41) is 3.56. The third kappa shape index (κ3) is 4.06. The van der Waals surface area contributed by atoms with E-state index in [2.05, 4.69) is 44.8 Å². The van der Waals surface area contributed by atoms with Crippen molar-refractivity contribution in [2.45, 2.75) is 47.1 Å². The van der Waals surface area contributed by atoms with Crippen LogP contribution in [-0.4, -0.2) is 37.1 Å². The second kappa shape index (κ2) is 6.61. The highest BCUT2D eigenvalue weighted by Gasteiger charge is 2.31. The van der Waals surface area contributed by atoms with Gasteiger partial charge in [0.05, 0.1) is 0 Å². The first-order chi connectivity index (χ1) is 7.54. The van der Waals surface area contributed by atoms with Crippen LogP contribution in [0.2, 0.25) is 0 Å². The first-order valence-electron chi connectivity index (χ1n) is 6.99. The summed E-state index contributed by atoms with van der Waals surface area (Å²) in [7, 11) is 0. The van der Waals surface area contributed by atoms with Crippen LogP contribution in [0.3, 0.4) is 0 Å². The van der Waals surface area contributed by atoms with Gasteiger partial charge in [-0.25, -0.2) is 0 Å². The Morgan fingerprint density at radius 2 is 1.62 bits per heavy atom. The van der Waals surface area contributed by atoms with Gasteiger partial charge in [0.25, 0.3) is 0 Å². The first-order valence-corrected chi connectivity index (χ1v) is 6.99. The second-order valence-electron chi connectivity index (χ2n) is 6.14. The van der Waals surface area contributed by atoms with Gasteiger partial charge in [-0.2, -0.15) is 0 Å². The maximum absolute atomic E-state index is 3.56. The standard InChI is InChI=1S/C14H30N2/c1-6-13-7-15-8-14(13)16(9-11(2)3)10-12(4)5/h11-15H,6-10H2,1-5H3. The Hall–Kier alpha value is -0.0800. The Morgan fingerprint density at radius 1 is 1.06 bits per heavy atom. The predicted octanol–water partition coefficient (Wildman–Crippen LogP) is 2.60. The molecule has 16 heavy (non-hydrogen) atoms. The summed E-state index contributed by atoms with van der Waals surface area (Å²) in [6.45, 7) is 16.6. The van der Waals surface area contributed by atoms with Gasteiger partial charge in [0.15, 0.2) is 0 Å². The van der Waals surface area contributed by atoms with Crippen LogP contribution in [0.1, 0.15) is 41.0 Å². The fourth-order valence-electron chi connectivity index (χ4n) is 2.85. The fraction of sp³-hybridized carbons (Fsp3) is 1.00. The van der Waals surface area contributed by atoms with Crippen molar-refractivity contribution < 1.29 is 0 Å². The average Bonchev–Trinajstić information content (AvgIpc) is 2.62. The highest BCUT2D eigenvalue weighted by molar-refractivity contribution is 4.88. The quantitative estimate of drug-likeness (QED) is 0.749. The Labute approximate surface area is 102 Å². The Balaban J connectivity index is 2.59. The molecular formula is C14H30N2. The summed E-state index contributed by atoms with van der Waals surface area (Å²) in [5.74, 6) is 2.41. The lowest BCUT2D eigenvalue weighted by Crippen LogP contribution is -2.44. The lowest BCUT2D eigenvalue weighted by Gasteiger charge is -2.34. The van der Waals surface area contributed by atoms with Crippen LogP contribution in [0.15, 0.2) is 0 Å². The smallest absolute Gasteiger partial charge is 0.0261 e. The monoisotopic (exact) mass is 226 g/mol. The largest absolute Gasteiger partial charge is 0.315 e. The van der Waals surface area contributed by atoms with Crippen molar-refractivity contribution in [3.63, 3.8) is 0 Å². The molecule has 2 heteroatoms. The summed E-state index contributed by atoms with van der Waals surface area (Å²) in [6.07, 6.45) is 1.31. The van der Waals surface area contributed by atoms with Crippen LogP contribution in [0.5, 0.6) is 0 Å². The summed E-state index contributed by atoms with van der Waals surface area (Å²) < 4.78 is 0. The van der Waals surface area contributed by atoms with Crippen molar-refractivity contribution in [1.29, 1.82) is 0 Å². The van der Waals surface area contributed by atoms with E-state index in [0.29, 0.717) is 0 Å². The van der Waals surface area contributed by atoms with E-state index in [1.807, 2.05) is 0 Å². The number of hydrogen-bond donors (Lipinski definition) is 1. The Bertz CT molecular complexity index is 179. The maximum Gasteiger partial charge on any atom is 0.0261 e. The maximum atomic E-state index is 3.56. The molecule has 1 aliphatic rings. The minimum Gasteiger partial charge on any atom is -0.315 e. The number of rotatable bonds is 6. The number of nitrogens with zero attached hydrogens (tertiary/aromatic N) is 1. The molecule has 1 aliphatic heterocycles. The van der Waals surface area contributed by atoms with Crippen LogP contribution < -0.4 is 5.32 Å². The minimum absolute atomic E-state index is 0.773. The van der Waals surface area contributed by atoms with E-state index in [9.17, 15) is 0 Å². The molecule has 1 fully saturated rings. The first kappa shape index (κ1) is 14.0. The molecule has 0 saturated carbocycles.